The van der Waals surface area contributed by atoms with Gasteiger partial charge in [0.25, 0.3) is 11.8 Å². The second kappa shape index (κ2) is 6.61. The van der Waals surface area contributed by atoms with E-state index >= 15 is 0 Å². The van der Waals surface area contributed by atoms with Crippen LogP contribution in [0.1, 0.15) is 41.2 Å². The van der Waals surface area contributed by atoms with Crippen LogP contribution in [0.4, 0.5) is 22.0 Å². The number of hydrogen-bond acceptors (Lipinski definition) is 4. The van der Waals surface area contributed by atoms with Crippen LogP contribution in [0.2, 0.25) is 0 Å². The molecule has 1 atom stereocenters. The zero-order valence-electron chi connectivity index (χ0n) is 13.9. The number of primary amides is 1. The van der Waals surface area contributed by atoms with Gasteiger partial charge >= 0.3 is 6.18 Å². The molecule has 1 saturated heterocycles. The van der Waals surface area contributed by atoms with Crippen LogP contribution in [0.15, 0.2) is 12.3 Å². The lowest BCUT2D eigenvalue weighted by Gasteiger charge is -2.21. The summed E-state index contributed by atoms with van der Waals surface area (Å²) in [5, 5.41) is 0. The molecule has 1 saturated carbocycles. The van der Waals surface area contributed by atoms with Crippen molar-refractivity contribution < 1.29 is 36.3 Å². The fraction of sp³-hybridized carbons (Fsp3) is 0.562. The number of hydrogen-bond donors (Lipinski definition) is 1. The van der Waals surface area contributed by atoms with Crippen LogP contribution in [-0.4, -0.2) is 53.0 Å². The second-order valence-electron chi connectivity index (χ2n) is 6.70. The van der Waals surface area contributed by atoms with Gasteiger partial charge in [0.15, 0.2) is 6.61 Å². The summed E-state index contributed by atoms with van der Waals surface area (Å²) in [5.74, 6) is -5.59. The molecule has 0 aromatic carbocycles. The number of alkyl halides is 5. The first-order valence-electron chi connectivity index (χ1n) is 8.14. The van der Waals surface area contributed by atoms with Crippen LogP contribution in [-0.2, 0) is 4.79 Å². The summed E-state index contributed by atoms with van der Waals surface area (Å²) in [6.45, 7) is -2.58. The number of pyridine rings is 1. The number of rotatable bonds is 5. The summed E-state index contributed by atoms with van der Waals surface area (Å²) >= 11 is 0. The Morgan fingerprint density at radius 3 is 2.56 bits per heavy atom. The third-order valence-corrected chi connectivity index (χ3v) is 4.38. The molecule has 148 valence electrons. The largest absolute Gasteiger partial charge is 0.484 e. The lowest BCUT2D eigenvalue weighted by atomic mass is 10.1. The van der Waals surface area contributed by atoms with Gasteiger partial charge in [-0.15, -0.1) is 0 Å². The smallest absolute Gasteiger partial charge is 0.422 e. The van der Waals surface area contributed by atoms with Crippen molar-refractivity contribution in [1.29, 1.82) is 0 Å². The molecular weight excluding hydrogens is 377 g/mol. The maximum absolute atomic E-state index is 13.6. The van der Waals surface area contributed by atoms with E-state index in [0.717, 1.165) is 18.9 Å². The highest BCUT2D eigenvalue weighted by Crippen LogP contribution is 2.44. The van der Waals surface area contributed by atoms with Crippen molar-refractivity contribution in [2.45, 2.75) is 43.3 Å². The summed E-state index contributed by atoms with van der Waals surface area (Å²) in [6, 6.07) is -0.520. The van der Waals surface area contributed by atoms with Crippen molar-refractivity contribution in [3.05, 3.63) is 23.5 Å². The van der Waals surface area contributed by atoms with E-state index in [9.17, 15) is 31.5 Å². The summed E-state index contributed by atoms with van der Waals surface area (Å²) in [5.41, 5.74) is 5.12. The molecule has 11 heteroatoms. The second-order valence-corrected chi connectivity index (χ2v) is 6.70. The quantitative estimate of drug-likeness (QED) is 0.778. The molecule has 2 heterocycles. The number of nitrogens with two attached hydrogens (primary N) is 1. The van der Waals surface area contributed by atoms with Crippen molar-refractivity contribution in [3.63, 3.8) is 0 Å². The van der Waals surface area contributed by atoms with E-state index in [4.69, 9.17) is 10.5 Å². The zero-order chi connectivity index (χ0) is 20.0. The molecular formula is C16H16F5N3O3. The summed E-state index contributed by atoms with van der Waals surface area (Å²) in [4.78, 5) is 28.4. The normalized spacial score (nSPS) is 22.0. The Hall–Kier alpha value is -2.46. The highest BCUT2D eigenvalue weighted by atomic mass is 19.4. The maximum Gasteiger partial charge on any atom is 0.422 e. The Kier molecular flexibility index (Phi) is 4.73. The molecule has 1 aromatic heterocycles. The van der Waals surface area contributed by atoms with Crippen molar-refractivity contribution >= 4 is 11.8 Å². The lowest BCUT2D eigenvalue weighted by molar-refractivity contribution is -0.153. The van der Waals surface area contributed by atoms with Gasteiger partial charge in [-0.3, -0.25) is 14.6 Å². The number of amides is 2. The average molecular weight is 393 g/mol. The lowest BCUT2D eigenvalue weighted by Crippen LogP contribution is -2.44. The van der Waals surface area contributed by atoms with Crippen LogP contribution in [0.25, 0.3) is 0 Å². The Labute approximate surface area is 150 Å². The van der Waals surface area contributed by atoms with Gasteiger partial charge in [-0.1, -0.05) is 0 Å². The summed E-state index contributed by atoms with van der Waals surface area (Å²) < 4.78 is 69.4. The van der Waals surface area contributed by atoms with Crippen LogP contribution in [0, 0.1) is 0 Å². The minimum atomic E-state index is -4.58. The third-order valence-electron chi connectivity index (χ3n) is 4.38. The minimum Gasteiger partial charge on any atom is -0.484 e. The van der Waals surface area contributed by atoms with Crippen molar-refractivity contribution in [1.82, 2.24) is 9.88 Å². The first-order chi connectivity index (χ1) is 12.5. The minimum absolute atomic E-state index is 0.0145. The van der Waals surface area contributed by atoms with E-state index in [-0.39, 0.29) is 17.4 Å². The van der Waals surface area contributed by atoms with Crippen molar-refractivity contribution in [2.75, 3.05) is 13.2 Å². The van der Waals surface area contributed by atoms with Gasteiger partial charge < -0.3 is 15.4 Å². The van der Waals surface area contributed by atoms with Gasteiger partial charge in [0, 0.05) is 24.2 Å². The molecule has 6 nitrogen and oxygen atoms in total. The fourth-order valence-electron chi connectivity index (χ4n) is 2.98. The van der Waals surface area contributed by atoms with E-state index in [0.29, 0.717) is 10.5 Å². The number of likely N-dealkylation sites (tertiary alicyclic amines) is 1. The monoisotopic (exact) mass is 393 g/mol. The van der Waals surface area contributed by atoms with Crippen molar-refractivity contribution in [2.24, 2.45) is 5.73 Å². The predicted octanol–water partition coefficient (Wildman–Crippen LogP) is 2.24. The first-order valence-corrected chi connectivity index (χ1v) is 8.14. The van der Waals surface area contributed by atoms with E-state index in [2.05, 4.69) is 4.98 Å². The topological polar surface area (TPSA) is 85.5 Å². The van der Waals surface area contributed by atoms with E-state index in [1.54, 1.807) is 0 Å². The van der Waals surface area contributed by atoms with Crippen LogP contribution in [0.5, 0.6) is 5.75 Å². The number of aromatic nitrogens is 1. The number of nitrogens with zero attached hydrogens (tertiary/aromatic N) is 2. The van der Waals surface area contributed by atoms with Crippen LogP contribution < -0.4 is 10.5 Å². The fourth-order valence-corrected chi connectivity index (χ4v) is 2.98. The van der Waals surface area contributed by atoms with Crippen molar-refractivity contribution in [3.8, 4) is 5.75 Å². The molecule has 0 radical (unpaired) electrons. The number of ether oxygens (including phenoxy) is 1. The maximum atomic E-state index is 13.6. The molecule has 0 spiro atoms. The standard InChI is InChI=1S/C16H16F5N3O3/c17-15(18)4-11(13(22)25)24(6-15)14(26)10-3-12(27-7-16(19,20)21)9(5-23-10)8-1-2-8/h3,5,8,11H,1-2,4,6-7H2,(H2,22,25)/t11-/m0/s1. The molecule has 0 unspecified atom stereocenters. The molecule has 1 aliphatic heterocycles. The van der Waals surface area contributed by atoms with Crippen LogP contribution >= 0.6 is 0 Å². The molecule has 2 N–H and O–H groups in total. The Bertz CT molecular complexity index is 764. The average Bonchev–Trinajstić information content (AvgIpc) is 3.34. The highest BCUT2D eigenvalue weighted by Gasteiger charge is 2.49. The number of halogens is 5. The molecule has 1 aromatic rings. The molecule has 2 fully saturated rings. The molecule has 2 amide bonds. The first kappa shape index (κ1) is 19.3. The SMILES string of the molecule is NC(=O)[C@@H]1CC(F)(F)CN1C(=O)c1cc(OCC(F)(F)F)c(C2CC2)cn1. The van der Waals surface area contributed by atoms with Gasteiger partial charge in [-0.25, -0.2) is 8.78 Å². The highest BCUT2D eigenvalue weighted by molar-refractivity contribution is 5.96. The molecule has 2 aliphatic rings. The van der Waals surface area contributed by atoms with Gasteiger partial charge in [0.2, 0.25) is 5.91 Å². The van der Waals surface area contributed by atoms with Gasteiger partial charge in [0.05, 0.1) is 6.54 Å². The van der Waals surface area contributed by atoms with E-state index < -0.39 is 49.5 Å². The summed E-state index contributed by atoms with van der Waals surface area (Å²) in [7, 11) is 0. The third kappa shape index (κ3) is 4.45. The summed E-state index contributed by atoms with van der Waals surface area (Å²) in [6.07, 6.45) is -2.78. The van der Waals surface area contributed by atoms with E-state index in [1.165, 1.54) is 6.20 Å². The number of carbonyl (C=O) groups is 2. The Morgan fingerprint density at radius 2 is 2.00 bits per heavy atom. The Balaban J connectivity index is 1.87. The van der Waals surface area contributed by atoms with Gasteiger partial charge in [-0.2, -0.15) is 13.2 Å². The molecule has 1 aliphatic carbocycles. The zero-order valence-corrected chi connectivity index (χ0v) is 13.9. The predicted molar refractivity (Wildman–Crippen MR) is 81.3 cm³/mol. The van der Waals surface area contributed by atoms with Crippen LogP contribution in [0.3, 0.4) is 0 Å². The van der Waals surface area contributed by atoms with E-state index in [1.807, 2.05) is 0 Å². The molecule has 27 heavy (non-hydrogen) atoms. The molecule has 0 bridgehead atoms. The Morgan fingerprint density at radius 1 is 1.33 bits per heavy atom. The number of carbonyl (C=O) groups excluding carboxylic acids is 2. The molecule has 3 rings (SSSR count). The van der Waals surface area contributed by atoms with Gasteiger partial charge in [0.1, 0.15) is 17.5 Å². The van der Waals surface area contributed by atoms with Gasteiger partial charge in [-0.05, 0) is 18.8 Å².